The van der Waals surface area contributed by atoms with E-state index < -0.39 is 18.2 Å². The largest absolute Gasteiger partial charge is 0.478 e. The number of aromatic nitrogens is 3. The first kappa shape index (κ1) is 24.0. The van der Waals surface area contributed by atoms with E-state index in [0.717, 1.165) is 56.1 Å². The molecule has 6 nitrogen and oxygen atoms in total. The summed E-state index contributed by atoms with van der Waals surface area (Å²) in [5, 5.41) is 14.2. The maximum atomic E-state index is 14.4. The molecule has 0 amide bonds. The Labute approximate surface area is 215 Å². The van der Waals surface area contributed by atoms with Crippen molar-refractivity contribution in [1.82, 2.24) is 14.8 Å². The first-order valence-corrected chi connectivity index (χ1v) is 13.1. The standard InChI is InChI=1S/C27H25F3N4O2S/c1-15-4-2-3-5-20(15)34-23(18(14-31-34)24(29)30)17-12-27(13-17)6-8-33(9-7-27)26-32-22-19(28)10-16(25(35)36)11-21(22)37-26/h2-5,10-11,14,17,24H,6-9,12-13H2,1H3,(H,35,36). The van der Waals surface area contributed by atoms with Gasteiger partial charge in [-0.1, -0.05) is 29.5 Å². The van der Waals surface area contributed by atoms with Crippen molar-refractivity contribution in [3.05, 3.63) is 70.8 Å². The summed E-state index contributed by atoms with van der Waals surface area (Å²) in [5.74, 6) is -1.79. The highest BCUT2D eigenvalue weighted by atomic mass is 32.1. The molecule has 2 aliphatic rings. The van der Waals surface area contributed by atoms with Crippen molar-refractivity contribution in [3.63, 3.8) is 0 Å². The lowest BCUT2D eigenvalue weighted by Gasteiger charge is -2.52. The quantitative estimate of drug-likeness (QED) is 0.312. The minimum Gasteiger partial charge on any atom is -0.478 e. The summed E-state index contributed by atoms with van der Waals surface area (Å²) in [5.41, 5.74) is 2.63. The van der Waals surface area contributed by atoms with Crippen LogP contribution in [0.2, 0.25) is 0 Å². The first-order valence-electron chi connectivity index (χ1n) is 12.2. The van der Waals surface area contributed by atoms with E-state index in [2.05, 4.69) is 15.0 Å². The van der Waals surface area contributed by atoms with Crippen LogP contribution in [0.5, 0.6) is 0 Å². The number of thiazole rings is 1. The van der Waals surface area contributed by atoms with Crippen molar-refractivity contribution in [2.24, 2.45) is 5.41 Å². The number of aryl methyl sites for hydroxylation is 1. The molecule has 192 valence electrons. The van der Waals surface area contributed by atoms with Crippen LogP contribution in [-0.2, 0) is 0 Å². The Hall–Kier alpha value is -3.40. The Morgan fingerprint density at radius 2 is 1.92 bits per heavy atom. The van der Waals surface area contributed by atoms with Crippen LogP contribution in [0, 0.1) is 18.2 Å². The first-order chi connectivity index (χ1) is 17.7. The molecule has 10 heteroatoms. The average Bonchev–Trinajstić information content (AvgIpc) is 3.48. The highest BCUT2D eigenvalue weighted by molar-refractivity contribution is 7.22. The Morgan fingerprint density at radius 3 is 2.59 bits per heavy atom. The monoisotopic (exact) mass is 526 g/mol. The third-order valence-corrected chi connectivity index (χ3v) is 9.00. The van der Waals surface area contributed by atoms with Gasteiger partial charge in [-0.15, -0.1) is 0 Å². The average molecular weight is 527 g/mol. The molecule has 0 unspecified atom stereocenters. The van der Waals surface area contributed by atoms with E-state index in [0.29, 0.717) is 15.5 Å². The summed E-state index contributed by atoms with van der Waals surface area (Å²) >= 11 is 1.30. The predicted octanol–water partition coefficient (Wildman–Crippen LogP) is 6.73. The third-order valence-electron chi connectivity index (χ3n) is 7.94. The molecule has 1 aliphatic carbocycles. The van der Waals surface area contributed by atoms with E-state index in [-0.39, 0.29) is 28.0 Å². The summed E-state index contributed by atoms with van der Waals surface area (Å²) in [4.78, 5) is 17.8. The molecule has 1 aliphatic heterocycles. The molecule has 6 rings (SSSR count). The second kappa shape index (κ2) is 8.86. The zero-order valence-electron chi connectivity index (χ0n) is 20.1. The van der Waals surface area contributed by atoms with Crippen LogP contribution in [0.3, 0.4) is 0 Å². The molecule has 4 aromatic rings. The fourth-order valence-electron chi connectivity index (χ4n) is 5.94. The zero-order valence-corrected chi connectivity index (χ0v) is 20.9. The Balaban J connectivity index is 1.19. The summed E-state index contributed by atoms with van der Waals surface area (Å²) in [6.07, 6.45) is 2.17. The minimum atomic E-state index is -2.58. The van der Waals surface area contributed by atoms with Crippen LogP contribution in [0.1, 0.15) is 65.2 Å². The molecular weight excluding hydrogens is 501 g/mol. The molecule has 2 aromatic heterocycles. The van der Waals surface area contributed by atoms with E-state index in [1.165, 1.54) is 23.6 Å². The van der Waals surface area contributed by atoms with Gasteiger partial charge in [0.1, 0.15) is 5.52 Å². The van der Waals surface area contributed by atoms with Gasteiger partial charge in [-0.05, 0) is 61.8 Å². The Morgan fingerprint density at radius 1 is 1.19 bits per heavy atom. The lowest BCUT2D eigenvalue weighted by molar-refractivity contribution is 0.0622. The Kier molecular flexibility index (Phi) is 5.74. The number of rotatable bonds is 5. The molecule has 3 heterocycles. The number of halogens is 3. The highest BCUT2D eigenvalue weighted by Gasteiger charge is 2.48. The van der Waals surface area contributed by atoms with Gasteiger partial charge in [0.15, 0.2) is 10.9 Å². The topological polar surface area (TPSA) is 71.2 Å². The zero-order chi connectivity index (χ0) is 25.9. The lowest BCUT2D eigenvalue weighted by Crippen LogP contribution is -2.47. The van der Waals surface area contributed by atoms with Crippen molar-refractivity contribution >= 4 is 32.7 Å². The van der Waals surface area contributed by atoms with Crippen LogP contribution in [0.15, 0.2) is 42.6 Å². The fraction of sp³-hybridized carbons (Fsp3) is 0.370. The minimum absolute atomic E-state index is 0.0118. The van der Waals surface area contributed by atoms with Gasteiger partial charge in [0, 0.05) is 19.0 Å². The highest BCUT2D eigenvalue weighted by Crippen LogP contribution is 2.58. The van der Waals surface area contributed by atoms with Crippen molar-refractivity contribution < 1.29 is 23.1 Å². The number of aromatic carboxylic acids is 1. The van der Waals surface area contributed by atoms with Crippen molar-refractivity contribution in [3.8, 4) is 5.69 Å². The van der Waals surface area contributed by atoms with Gasteiger partial charge in [-0.2, -0.15) is 5.10 Å². The van der Waals surface area contributed by atoms with Gasteiger partial charge in [-0.3, -0.25) is 0 Å². The molecule has 0 bridgehead atoms. The normalized spacial score (nSPS) is 17.6. The number of anilines is 1. The number of para-hydroxylation sites is 1. The molecule has 1 saturated carbocycles. The summed E-state index contributed by atoms with van der Waals surface area (Å²) in [6.45, 7) is 3.43. The predicted molar refractivity (Wildman–Crippen MR) is 136 cm³/mol. The number of alkyl halides is 2. The molecule has 1 saturated heterocycles. The van der Waals surface area contributed by atoms with E-state index in [1.54, 1.807) is 4.68 Å². The van der Waals surface area contributed by atoms with Gasteiger partial charge in [-0.25, -0.2) is 27.6 Å². The maximum absolute atomic E-state index is 14.4. The Bertz CT molecular complexity index is 1500. The maximum Gasteiger partial charge on any atom is 0.335 e. The number of carboxylic acids is 1. The van der Waals surface area contributed by atoms with Gasteiger partial charge < -0.3 is 10.0 Å². The van der Waals surface area contributed by atoms with E-state index >= 15 is 0 Å². The number of carbonyl (C=O) groups is 1. The van der Waals surface area contributed by atoms with Crippen LogP contribution in [0.4, 0.5) is 18.3 Å². The van der Waals surface area contributed by atoms with Crippen molar-refractivity contribution in [2.45, 2.75) is 45.0 Å². The van der Waals surface area contributed by atoms with E-state index in [4.69, 9.17) is 0 Å². The summed E-state index contributed by atoms with van der Waals surface area (Å²) in [6, 6.07) is 10.1. The van der Waals surface area contributed by atoms with Crippen LogP contribution < -0.4 is 4.90 Å². The fourth-order valence-corrected chi connectivity index (χ4v) is 7.01. The molecule has 2 aromatic carbocycles. The van der Waals surface area contributed by atoms with Crippen molar-refractivity contribution in [1.29, 1.82) is 0 Å². The third kappa shape index (κ3) is 4.07. The van der Waals surface area contributed by atoms with E-state index in [1.807, 2.05) is 31.2 Å². The van der Waals surface area contributed by atoms with Gasteiger partial charge >= 0.3 is 5.97 Å². The molecule has 0 atom stereocenters. The number of fused-ring (bicyclic) bond motifs is 1. The molecular formula is C27H25F3N4O2S. The molecule has 1 spiro atoms. The van der Waals surface area contributed by atoms with Gasteiger partial charge in [0.25, 0.3) is 6.43 Å². The van der Waals surface area contributed by atoms with Gasteiger partial charge in [0.2, 0.25) is 0 Å². The molecule has 37 heavy (non-hydrogen) atoms. The van der Waals surface area contributed by atoms with E-state index in [9.17, 15) is 23.1 Å². The summed E-state index contributed by atoms with van der Waals surface area (Å²) < 4.78 is 44.5. The van der Waals surface area contributed by atoms with Crippen LogP contribution >= 0.6 is 11.3 Å². The molecule has 2 fully saturated rings. The lowest BCUT2D eigenvalue weighted by atomic mass is 9.56. The smallest absolute Gasteiger partial charge is 0.335 e. The molecule has 0 radical (unpaired) electrons. The SMILES string of the molecule is Cc1ccccc1-n1ncc(C(F)F)c1C1CC2(CCN(c3nc4c(F)cc(C(=O)O)cc4s3)CC2)C1. The number of carboxylic acid groups (broad SMARTS) is 1. The molecule has 1 N–H and O–H groups in total. The number of piperidine rings is 1. The second-order valence-corrected chi connectivity index (χ2v) is 11.2. The van der Waals surface area contributed by atoms with Crippen molar-refractivity contribution in [2.75, 3.05) is 18.0 Å². The van der Waals surface area contributed by atoms with Crippen LogP contribution in [-0.4, -0.2) is 38.9 Å². The second-order valence-electron chi connectivity index (χ2n) is 10.2. The van der Waals surface area contributed by atoms with Crippen LogP contribution in [0.25, 0.3) is 15.9 Å². The number of hydrogen-bond acceptors (Lipinski definition) is 5. The number of nitrogens with zero attached hydrogens (tertiary/aromatic N) is 4. The summed E-state index contributed by atoms with van der Waals surface area (Å²) in [7, 11) is 0. The number of benzene rings is 2. The number of hydrogen-bond donors (Lipinski definition) is 1. The van der Waals surface area contributed by atoms with Gasteiger partial charge in [0.05, 0.1) is 33.4 Å².